The monoisotopic (exact) mass is 444 g/mol. The molecule has 1 aliphatic rings. The van der Waals surface area contributed by atoms with Crippen molar-refractivity contribution in [3.05, 3.63) is 29.3 Å². The van der Waals surface area contributed by atoms with Crippen molar-refractivity contribution in [3.63, 3.8) is 0 Å². The Bertz CT molecular complexity index is 597. The standard InChI is InChI=1S/C14H16F3IN2O3/c15-14(16,17)9-2-3-11(10(6-9)12(19)21)23-8-13(7-18)4-1-5-20(13)22/h2-3,6,22H,1,4-5,7-8H2,(H2,19,21). The molecule has 1 aromatic rings. The number of carbonyl (C=O) groups excluding carboxylic acids is 1. The lowest BCUT2D eigenvalue weighted by molar-refractivity contribution is -0.149. The van der Waals surface area contributed by atoms with Gasteiger partial charge in [0.15, 0.2) is 0 Å². The summed E-state index contributed by atoms with van der Waals surface area (Å²) in [4.78, 5) is 11.4. The Labute approximate surface area is 144 Å². The molecule has 23 heavy (non-hydrogen) atoms. The minimum atomic E-state index is -4.57. The van der Waals surface area contributed by atoms with E-state index in [1.54, 1.807) is 0 Å². The van der Waals surface area contributed by atoms with Gasteiger partial charge in [0.1, 0.15) is 12.4 Å². The lowest BCUT2D eigenvalue weighted by Gasteiger charge is -2.32. The molecule has 3 N–H and O–H groups in total. The van der Waals surface area contributed by atoms with Crippen LogP contribution >= 0.6 is 22.6 Å². The molecule has 0 aromatic heterocycles. The Morgan fingerprint density at radius 1 is 1.48 bits per heavy atom. The molecule has 9 heteroatoms. The highest BCUT2D eigenvalue weighted by atomic mass is 127. The average molecular weight is 444 g/mol. The Morgan fingerprint density at radius 2 is 2.17 bits per heavy atom. The highest BCUT2D eigenvalue weighted by Gasteiger charge is 2.41. The lowest BCUT2D eigenvalue weighted by Crippen LogP contribution is -2.48. The van der Waals surface area contributed by atoms with Gasteiger partial charge in [-0.25, -0.2) is 0 Å². The number of ether oxygens (including phenoxy) is 1. The first-order valence-electron chi connectivity index (χ1n) is 6.86. The van der Waals surface area contributed by atoms with Crippen molar-refractivity contribution in [1.82, 2.24) is 5.06 Å². The van der Waals surface area contributed by atoms with Crippen molar-refractivity contribution in [3.8, 4) is 5.75 Å². The van der Waals surface area contributed by atoms with Crippen LogP contribution < -0.4 is 10.5 Å². The zero-order valence-electron chi connectivity index (χ0n) is 12.1. The highest BCUT2D eigenvalue weighted by molar-refractivity contribution is 14.1. The predicted octanol–water partition coefficient (Wildman–Crippen LogP) is 2.84. The molecule has 128 valence electrons. The first kappa shape index (κ1) is 18.3. The van der Waals surface area contributed by atoms with Crippen LogP contribution in [-0.2, 0) is 6.18 Å². The van der Waals surface area contributed by atoms with E-state index in [9.17, 15) is 23.2 Å². The number of nitrogens with zero attached hydrogens (tertiary/aromatic N) is 1. The quantitative estimate of drug-likeness (QED) is 0.541. The van der Waals surface area contributed by atoms with Crippen molar-refractivity contribution in [2.45, 2.75) is 24.6 Å². The van der Waals surface area contributed by atoms with Crippen LogP contribution in [-0.4, -0.2) is 39.3 Å². The molecular formula is C14H16F3IN2O3. The van der Waals surface area contributed by atoms with Crippen LogP contribution in [0.5, 0.6) is 5.75 Å². The van der Waals surface area contributed by atoms with E-state index in [1.165, 1.54) is 5.06 Å². The number of hydrogen-bond donors (Lipinski definition) is 2. The Balaban J connectivity index is 2.24. The van der Waals surface area contributed by atoms with E-state index in [4.69, 9.17) is 10.5 Å². The van der Waals surface area contributed by atoms with Crippen LogP contribution in [0, 0.1) is 0 Å². The van der Waals surface area contributed by atoms with Crippen molar-refractivity contribution >= 4 is 28.5 Å². The van der Waals surface area contributed by atoms with E-state index >= 15 is 0 Å². The second-order valence-corrected chi connectivity index (χ2v) is 6.21. The van der Waals surface area contributed by atoms with Crippen molar-refractivity contribution in [2.75, 3.05) is 17.6 Å². The van der Waals surface area contributed by atoms with Crippen molar-refractivity contribution < 1.29 is 27.9 Å². The largest absolute Gasteiger partial charge is 0.491 e. The molecule has 0 spiro atoms. The van der Waals surface area contributed by atoms with Crippen LogP contribution in [0.4, 0.5) is 13.2 Å². The van der Waals surface area contributed by atoms with Crippen LogP contribution in [0.1, 0.15) is 28.8 Å². The zero-order valence-corrected chi connectivity index (χ0v) is 14.2. The van der Waals surface area contributed by atoms with Gasteiger partial charge in [0.25, 0.3) is 5.91 Å². The number of nitrogens with two attached hydrogens (primary N) is 1. The fourth-order valence-electron chi connectivity index (χ4n) is 2.48. The van der Waals surface area contributed by atoms with Gasteiger partial charge in [-0.1, -0.05) is 22.6 Å². The molecule has 1 heterocycles. The number of halogens is 4. The van der Waals surface area contributed by atoms with Crippen LogP contribution in [0.25, 0.3) is 0 Å². The highest BCUT2D eigenvalue weighted by Crippen LogP contribution is 2.34. The molecule has 1 amide bonds. The van der Waals surface area contributed by atoms with Crippen LogP contribution in [0.2, 0.25) is 0 Å². The molecule has 1 aliphatic heterocycles. The summed E-state index contributed by atoms with van der Waals surface area (Å²) < 4.78 is 44.3. The number of rotatable bonds is 5. The summed E-state index contributed by atoms with van der Waals surface area (Å²) >= 11 is 2.12. The fraction of sp³-hybridized carbons (Fsp3) is 0.500. The fourth-order valence-corrected chi connectivity index (χ4v) is 3.48. The SMILES string of the molecule is NC(=O)c1cc(C(F)(F)F)ccc1OCC1(CI)CCCN1O. The minimum absolute atomic E-state index is 0.0185. The summed E-state index contributed by atoms with van der Waals surface area (Å²) in [5.74, 6) is -1.02. The topological polar surface area (TPSA) is 75.8 Å². The number of hydroxylamine groups is 2. The smallest absolute Gasteiger partial charge is 0.416 e. The third-order valence-electron chi connectivity index (χ3n) is 3.88. The first-order valence-corrected chi connectivity index (χ1v) is 8.38. The summed E-state index contributed by atoms with van der Waals surface area (Å²) in [6, 6.07) is 2.60. The molecule has 1 saturated heterocycles. The third-order valence-corrected chi connectivity index (χ3v) is 5.30. The molecule has 1 atom stereocenters. The molecule has 0 aliphatic carbocycles. The normalized spacial score (nSPS) is 22.3. The van der Waals surface area contributed by atoms with Gasteiger partial charge in [-0.3, -0.25) is 4.79 Å². The van der Waals surface area contributed by atoms with E-state index in [0.29, 0.717) is 23.5 Å². The molecule has 0 saturated carbocycles. The van der Waals surface area contributed by atoms with Gasteiger partial charge in [0, 0.05) is 11.0 Å². The second kappa shape index (κ2) is 6.81. The van der Waals surface area contributed by atoms with Gasteiger partial charge in [0.2, 0.25) is 0 Å². The number of alkyl halides is 4. The van der Waals surface area contributed by atoms with Crippen molar-refractivity contribution in [1.29, 1.82) is 0 Å². The summed E-state index contributed by atoms with van der Waals surface area (Å²) in [5, 5.41) is 11.1. The van der Waals surface area contributed by atoms with E-state index in [2.05, 4.69) is 22.6 Å². The summed E-state index contributed by atoms with van der Waals surface area (Å²) in [6.07, 6.45) is -3.09. The van der Waals surface area contributed by atoms with E-state index < -0.39 is 23.2 Å². The maximum absolute atomic E-state index is 12.7. The van der Waals surface area contributed by atoms with Gasteiger partial charge in [-0.15, -0.1) is 0 Å². The molecule has 1 unspecified atom stereocenters. The molecular weight excluding hydrogens is 428 g/mol. The van der Waals surface area contributed by atoms with Gasteiger partial charge >= 0.3 is 6.18 Å². The average Bonchev–Trinajstić information content (AvgIpc) is 2.85. The first-order chi connectivity index (χ1) is 10.7. The van der Waals surface area contributed by atoms with Crippen LogP contribution in [0.3, 0.4) is 0 Å². The lowest BCUT2D eigenvalue weighted by atomic mass is 10.0. The van der Waals surface area contributed by atoms with Gasteiger partial charge in [-0.05, 0) is 31.0 Å². The van der Waals surface area contributed by atoms with E-state index in [0.717, 1.165) is 18.6 Å². The van der Waals surface area contributed by atoms with Crippen LogP contribution in [0.15, 0.2) is 18.2 Å². The summed E-state index contributed by atoms with van der Waals surface area (Å²) in [5.41, 5.74) is 3.25. The van der Waals surface area contributed by atoms with Gasteiger partial charge < -0.3 is 15.7 Å². The Morgan fingerprint density at radius 3 is 2.65 bits per heavy atom. The number of amides is 1. The number of benzene rings is 1. The molecule has 1 aromatic carbocycles. The molecule has 0 radical (unpaired) electrons. The number of primary amides is 1. The maximum atomic E-state index is 12.7. The number of carbonyl (C=O) groups is 1. The zero-order chi connectivity index (χ0) is 17.3. The third kappa shape index (κ3) is 3.89. The predicted molar refractivity (Wildman–Crippen MR) is 84.8 cm³/mol. The van der Waals surface area contributed by atoms with E-state index in [1.807, 2.05) is 0 Å². The van der Waals surface area contributed by atoms with Gasteiger partial charge in [0.05, 0.1) is 16.7 Å². The minimum Gasteiger partial charge on any atom is -0.491 e. The molecule has 2 rings (SSSR count). The maximum Gasteiger partial charge on any atom is 0.416 e. The molecule has 0 bridgehead atoms. The van der Waals surface area contributed by atoms with Crippen molar-refractivity contribution in [2.24, 2.45) is 5.73 Å². The van der Waals surface area contributed by atoms with Gasteiger partial charge in [-0.2, -0.15) is 18.2 Å². The Hall–Kier alpha value is -1.07. The summed E-state index contributed by atoms with van der Waals surface area (Å²) in [7, 11) is 0. The molecule has 1 fully saturated rings. The van der Waals surface area contributed by atoms with E-state index in [-0.39, 0.29) is 17.9 Å². The second-order valence-electron chi connectivity index (χ2n) is 5.45. The molecule has 5 nitrogen and oxygen atoms in total. The number of hydrogen-bond acceptors (Lipinski definition) is 4. The Kier molecular flexibility index (Phi) is 5.41. The summed E-state index contributed by atoms with van der Waals surface area (Å²) in [6.45, 7) is 0.556.